The van der Waals surface area contributed by atoms with Gasteiger partial charge in [0.1, 0.15) is 6.54 Å². The Morgan fingerprint density at radius 1 is 0.679 bits per heavy atom. The summed E-state index contributed by atoms with van der Waals surface area (Å²) in [4.78, 5) is 2.00. The van der Waals surface area contributed by atoms with Crippen molar-refractivity contribution >= 4 is 15.9 Å². The molecule has 0 heterocycles. The minimum absolute atomic E-state index is 0. The van der Waals surface area contributed by atoms with Crippen molar-refractivity contribution in [1.29, 1.82) is 0 Å². The fourth-order valence-electron chi connectivity index (χ4n) is 2.29. The van der Waals surface area contributed by atoms with Gasteiger partial charge in [0.05, 0.1) is 21.1 Å². The Kier molecular flexibility index (Phi) is 17.0. The summed E-state index contributed by atoms with van der Waals surface area (Å²) >= 11 is 3.40. The molecule has 0 aliphatic rings. The van der Waals surface area contributed by atoms with E-state index in [-0.39, 0.29) is 17.0 Å². The van der Waals surface area contributed by atoms with Gasteiger partial charge in [0.15, 0.2) is 0 Å². The van der Waals surface area contributed by atoms with Crippen LogP contribution in [0.4, 0.5) is 0 Å². The lowest BCUT2D eigenvalue weighted by molar-refractivity contribution is -0.884. The monoisotopic (exact) mass is 514 g/mol. The molecular formula is C24H40Br2N2. The zero-order chi connectivity index (χ0) is 20.9. The summed E-state index contributed by atoms with van der Waals surface area (Å²) in [6.45, 7) is 5.46. The molecule has 0 saturated carbocycles. The van der Waals surface area contributed by atoms with E-state index in [1.165, 1.54) is 22.3 Å². The fourth-order valence-corrected chi connectivity index (χ4v) is 2.67. The summed E-state index contributed by atoms with van der Waals surface area (Å²) in [7, 11) is 12.6. The minimum Gasteiger partial charge on any atom is -1.00 e. The van der Waals surface area contributed by atoms with Crippen molar-refractivity contribution in [2.45, 2.75) is 38.6 Å². The third-order valence-electron chi connectivity index (χ3n) is 3.67. The van der Waals surface area contributed by atoms with Gasteiger partial charge in [-0.2, -0.15) is 0 Å². The lowest BCUT2D eigenvalue weighted by Crippen LogP contribution is -3.00. The van der Waals surface area contributed by atoms with Crippen LogP contribution in [0.1, 0.15) is 36.1 Å². The first kappa shape index (κ1) is 29.5. The molecule has 2 aromatic carbocycles. The number of hydrogen-bond acceptors (Lipinski definition) is 1. The van der Waals surface area contributed by atoms with Crippen LogP contribution in [0.3, 0.4) is 0 Å². The van der Waals surface area contributed by atoms with Crippen molar-refractivity contribution in [1.82, 2.24) is 4.90 Å². The first-order chi connectivity index (χ1) is 12.6. The van der Waals surface area contributed by atoms with Crippen molar-refractivity contribution in [2.24, 2.45) is 0 Å². The molecule has 2 aromatic rings. The first-order valence-corrected chi connectivity index (χ1v) is 10.9. The maximum Gasteiger partial charge on any atom is 0.104 e. The Hall–Kier alpha value is -0.680. The predicted octanol–water partition coefficient (Wildman–Crippen LogP) is 2.78. The van der Waals surface area contributed by atoms with Gasteiger partial charge in [-0.3, -0.25) is 0 Å². The molecular weight excluding hydrogens is 476 g/mol. The van der Waals surface area contributed by atoms with Gasteiger partial charge >= 0.3 is 0 Å². The van der Waals surface area contributed by atoms with Gasteiger partial charge in [-0.25, -0.2) is 0 Å². The molecule has 0 aromatic heterocycles. The number of rotatable bonds is 5. The van der Waals surface area contributed by atoms with Gasteiger partial charge < -0.3 is 26.4 Å². The van der Waals surface area contributed by atoms with Crippen LogP contribution in [-0.4, -0.2) is 51.7 Å². The third kappa shape index (κ3) is 16.3. The molecule has 0 unspecified atom stereocenters. The van der Waals surface area contributed by atoms with Crippen LogP contribution in [0.2, 0.25) is 0 Å². The first-order valence-electron chi connectivity index (χ1n) is 9.74. The third-order valence-corrected chi connectivity index (χ3v) is 4.32. The summed E-state index contributed by atoms with van der Waals surface area (Å²) in [6.07, 6.45) is 2.26. The van der Waals surface area contributed by atoms with E-state index in [1.807, 2.05) is 26.0 Å². The van der Waals surface area contributed by atoms with Crippen molar-refractivity contribution < 1.29 is 21.5 Å². The zero-order valence-electron chi connectivity index (χ0n) is 19.1. The van der Waals surface area contributed by atoms with E-state index < -0.39 is 0 Å². The van der Waals surface area contributed by atoms with Gasteiger partial charge in [-0.1, -0.05) is 78.3 Å². The summed E-state index contributed by atoms with van der Waals surface area (Å²) < 4.78 is 0.992. The molecule has 0 radical (unpaired) electrons. The number of nitrogens with zero attached hydrogens (tertiary/aromatic N) is 2. The molecule has 0 aliphatic carbocycles. The normalized spacial score (nSPS) is 10.2. The molecule has 160 valence electrons. The molecule has 4 heteroatoms. The molecule has 0 fully saturated rings. The van der Waals surface area contributed by atoms with Crippen LogP contribution >= 0.6 is 15.9 Å². The molecule has 2 nitrogen and oxygen atoms in total. The molecule has 0 bridgehead atoms. The second-order valence-electron chi connectivity index (χ2n) is 8.26. The summed E-state index contributed by atoms with van der Waals surface area (Å²) in [5.74, 6) is 0. The number of benzene rings is 2. The Morgan fingerprint density at radius 3 is 1.21 bits per heavy atom. The van der Waals surface area contributed by atoms with Crippen molar-refractivity contribution in [3.8, 4) is 0 Å². The highest BCUT2D eigenvalue weighted by molar-refractivity contribution is 9.08. The van der Waals surface area contributed by atoms with Crippen molar-refractivity contribution in [3.63, 3.8) is 0 Å². The fraction of sp³-hybridized carbons (Fsp3) is 0.500. The van der Waals surface area contributed by atoms with Gasteiger partial charge in [0, 0.05) is 10.9 Å². The minimum atomic E-state index is 0. The van der Waals surface area contributed by atoms with Crippen LogP contribution in [0.5, 0.6) is 0 Å². The Morgan fingerprint density at radius 2 is 0.964 bits per heavy atom. The topological polar surface area (TPSA) is 3.24 Å². The molecule has 2 rings (SSSR count). The van der Waals surface area contributed by atoms with Crippen LogP contribution < -0.4 is 17.0 Å². The molecule has 0 N–H and O–H groups in total. The number of quaternary nitrogens is 1. The lowest BCUT2D eigenvalue weighted by Gasteiger charge is -2.23. The average molecular weight is 516 g/mol. The van der Waals surface area contributed by atoms with E-state index in [0.29, 0.717) is 0 Å². The Bertz CT molecular complexity index is 574. The second kappa shape index (κ2) is 16.2. The summed E-state index contributed by atoms with van der Waals surface area (Å²) in [6, 6.07) is 17.6. The highest BCUT2D eigenvalue weighted by Gasteiger charge is 2.07. The number of halogens is 2. The van der Waals surface area contributed by atoms with Gasteiger partial charge in [0.25, 0.3) is 0 Å². The van der Waals surface area contributed by atoms with Crippen LogP contribution in [0.15, 0.2) is 48.5 Å². The number of alkyl halides is 1. The van der Waals surface area contributed by atoms with Crippen molar-refractivity contribution in [3.05, 3.63) is 70.8 Å². The van der Waals surface area contributed by atoms with Crippen molar-refractivity contribution in [2.75, 3.05) is 42.3 Å². The van der Waals surface area contributed by atoms with E-state index in [1.54, 1.807) is 0 Å². The SMILES string of the molecule is CCc1ccc(CBr)cc1.CCc1ccc(C[N+](C)(C)C)cc1.CN(C)C.[Br-]. The zero-order valence-corrected chi connectivity index (χ0v) is 22.3. The molecule has 0 saturated heterocycles. The highest BCUT2D eigenvalue weighted by Crippen LogP contribution is 2.09. The molecule has 28 heavy (non-hydrogen) atoms. The predicted molar refractivity (Wildman–Crippen MR) is 126 cm³/mol. The molecule has 0 atom stereocenters. The Balaban J connectivity index is 0. The average Bonchev–Trinajstić information content (AvgIpc) is 2.61. The van der Waals surface area contributed by atoms with Crippen LogP contribution in [-0.2, 0) is 24.7 Å². The van der Waals surface area contributed by atoms with Gasteiger partial charge in [-0.05, 0) is 50.7 Å². The maximum atomic E-state index is 3.40. The van der Waals surface area contributed by atoms with Crippen LogP contribution in [0.25, 0.3) is 0 Å². The molecule has 0 aliphatic heterocycles. The van der Waals surface area contributed by atoms with E-state index in [9.17, 15) is 0 Å². The lowest BCUT2D eigenvalue weighted by atomic mass is 10.1. The van der Waals surface area contributed by atoms with Gasteiger partial charge in [0.2, 0.25) is 0 Å². The van der Waals surface area contributed by atoms with Gasteiger partial charge in [-0.15, -0.1) is 0 Å². The highest BCUT2D eigenvalue weighted by atomic mass is 79.9. The summed E-state index contributed by atoms with van der Waals surface area (Å²) in [5, 5.41) is 0.955. The Labute approximate surface area is 193 Å². The van der Waals surface area contributed by atoms with E-state index >= 15 is 0 Å². The quantitative estimate of drug-likeness (QED) is 0.437. The van der Waals surface area contributed by atoms with E-state index in [2.05, 4.69) is 99.5 Å². The molecule has 0 spiro atoms. The van der Waals surface area contributed by atoms with Crippen LogP contribution in [0, 0.1) is 0 Å². The second-order valence-corrected chi connectivity index (χ2v) is 8.82. The smallest absolute Gasteiger partial charge is 0.104 e. The molecule has 0 amide bonds. The van der Waals surface area contributed by atoms with E-state index in [4.69, 9.17) is 0 Å². The number of aryl methyl sites for hydroxylation is 2. The largest absolute Gasteiger partial charge is 1.00 e. The van der Waals surface area contributed by atoms with E-state index in [0.717, 1.165) is 29.2 Å². The maximum absolute atomic E-state index is 3.40. The summed E-state index contributed by atoms with van der Waals surface area (Å²) in [5.41, 5.74) is 5.59. The number of hydrogen-bond donors (Lipinski definition) is 0. The standard InChI is InChI=1S/C12H20N.C9H11Br.C3H9N.BrH/c1-5-11-6-8-12(9-7-11)10-13(2,3)4;1-2-8-3-5-9(7-10)6-4-8;1-4(2)3;/h6-9H,5,10H2,1-4H3;3-6H,2,7H2,1H3;1-3H3;1H/q+1;;;/p-1.